The lowest BCUT2D eigenvalue weighted by Gasteiger charge is -2.70. The maximum atomic E-state index is 13.8. The van der Waals surface area contributed by atoms with Crippen LogP contribution in [0, 0.1) is 23.6 Å². The number of sulfonamides is 1. The number of halogens is 1. The number of nitrogens with zero attached hydrogens (tertiary/aromatic N) is 2. The Morgan fingerprint density at radius 3 is 2.39 bits per heavy atom. The van der Waals surface area contributed by atoms with Gasteiger partial charge in [0.25, 0.3) is 5.91 Å². The molecule has 1 amide bonds. The lowest BCUT2D eigenvalue weighted by molar-refractivity contribution is -0.108. The summed E-state index contributed by atoms with van der Waals surface area (Å²) in [5.74, 6) is 1.74. The van der Waals surface area contributed by atoms with Crippen molar-refractivity contribution in [3.63, 3.8) is 0 Å². The first kappa shape index (κ1) is 24.7. The summed E-state index contributed by atoms with van der Waals surface area (Å²) in [6.07, 6.45) is 6.86. The van der Waals surface area contributed by atoms with Crippen molar-refractivity contribution in [2.75, 3.05) is 13.1 Å². The highest BCUT2D eigenvalue weighted by molar-refractivity contribution is 7.90. The summed E-state index contributed by atoms with van der Waals surface area (Å²) in [7, 11) is -3.35. The molecule has 2 heterocycles. The second kappa shape index (κ2) is 9.13. The fraction of sp³-hybridized carbons (Fsp3) is 0.643. The van der Waals surface area contributed by atoms with E-state index in [4.69, 9.17) is 4.52 Å². The topological polar surface area (TPSA) is 105 Å². The zero-order valence-electron chi connectivity index (χ0n) is 21.4. The van der Waals surface area contributed by atoms with E-state index in [2.05, 4.69) is 15.8 Å². The molecule has 3 unspecified atom stereocenters. The molecule has 7 rings (SSSR count). The number of carbonyl (C=O) groups is 1. The molecule has 204 valence electrons. The largest absolute Gasteiger partial charge is 0.360 e. The second-order valence-electron chi connectivity index (χ2n) is 12.2. The highest BCUT2D eigenvalue weighted by Crippen LogP contribution is 2.69. The van der Waals surface area contributed by atoms with Crippen molar-refractivity contribution < 1.29 is 22.1 Å². The van der Waals surface area contributed by atoms with Gasteiger partial charge in [-0.05, 0) is 86.8 Å². The van der Waals surface area contributed by atoms with Crippen molar-refractivity contribution in [2.24, 2.45) is 17.8 Å². The van der Waals surface area contributed by atoms with E-state index in [1.54, 1.807) is 22.5 Å². The molecule has 1 aliphatic heterocycles. The van der Waals surface area contributed by atoms with Crippen LogP contribution < -0.4 is 10.6 Å². The highest BCUT2D eigenvalue weighted by atomic mass is 32.2. The molecule has 5 atom stereocenters. The number of hydrogen-bond donors (Lipinski definition) is 2. The van der Waals surface area contributed by atoms with E-state index in [9.17, 15) is 17.6 Å². The Morgan fingerprint density at radius 2 is 1.74 bits per heavy atom. The summed E-state index contributed by atoms with van der Waals surface area (Å²) < 4.78 is 47.2. The summed E-state index contributed by atoms with van der Waals surface area (Å²) in [6.45, 7) is 1.75. The summed E-state index contributed by atoms with van der Waals surface area (Å²) in [5, 5.41) is 10.6. The summed E-state index contributed by atoms with van der Waals surface area (Å²) in [5.41, 5.74) is 1.38. The zero-order chi connectivity index (χ0) is 26.1. The third-order valence-electron chi connectivity index (χ3n) is 9.90. The van der Waals surface area contributed by atoms with Gasteiger partial charge in [0, 0.05) is 43.7 Å². The van der Waals surface area contributed by atoms with E-state index in [0.717, 1.165) is 49.8 Å². The minimum Gasteiger partial charge on any atom is -0.360 e. The van der Waals surface area contributed by atoms with Crippen LogP contribution in [0.25, 0.3) is 0 Å². The minimum absolute atomic E-state index is 0.0683. The average molecular weight is 543 g/mol. The molecule has 2 N–H and O–H groups in total. The molecule has 5 fully saturated rings. The van der Waals surface area contributed by atoms with Crippen LogP contribution >= 0.6 is 0 Å². The molecule has 1 aromatic heterocycles. The molecular weight excluding hydrogens is 507 g/mol. The van der Waals surface area contributed by atoms with Crippen LogP contribution in [0.2, 0.25) is 0 Å². The Labute approximate surface area is 222 Å². The van der Waals surface area contributed by atoms with E-state index < -0.39 is 14.8 Å². The van der Waals surface area contributed by atoms with Gasteiger partial charge in [0.2, 0.25) is 10.0 Å². The predicted molar refractivity (Wildman–Crippen MR) is 138 cm³/mol. The number of piperidine rings is 1. The van der Waals surface area contributed by atoms with E-state index in [0.29, 0.717) is 55.9 Å². The molecule has 5 aliphatic rings. The molecule has 10 heteroatoms. The molecule has 4 saturated carbocycles. The minimum atomic E-state index is -3.35. The fourth-order valence-electron chi connectivity index (χ4n) is 7.85. The Balaban J connectivity index is 0.913. The number of aromatic nitrogens is 1. The van der Waals surface area contributed by atoms with Gasteiger partial charge in [0.15, 0.2) is 5.69 Å². The fourth-order valence-corrected chi connectivity index (χ4v) is 10.6. The van der Waals surface area contributed by atoms with Crippen LogP contribution in [0.3, 0.4) is 0 Å². The van der Waals surface area contributed by atoms with Crippen molar-refractivity contribution in [3.8, 4) is 0 Å². The SMILES string of the molecule is O=C(NC1C[C@@H]2CC3(S(=O)(=O)N4CCC(NCc5ccc(F)cc5)CC4)C[C@H](C1)C23)c1cc(C2CC2)on1. The van der Waals surface area contributed by atoms with Crippen molar-refractivity contribution in [2.45, 2.75) is 80.7 Å². The summed E-state index contributed by atoms with van der Waals surface area (Å²) in [6, 6.07) is 8.58. The molecule has 38 heavy (non-hydrogen) atoms. The van der Waals surface area contributed by atoms with Gasteiger partial charge in [-0.1, -0.05) is 17.3 Å². The number of carbonyl (C=O) groups excluding carboxylic acids is 1. The molecule has 8 nitrogen and oxygen atoms in total. The first-order chi connectivity index (χ1) is 18.3. The highest BCUT2D eigenvalue weighted by Gasteiger charge is 2.73. The van der Waals surface area contributed by atoms with Crippen molar-refractivity contribution in [1.82, 2.24) is 20.1 Å². The van der Waals surface area contributed by atoms with E-state index in [1.807, 2.05) is 0 Å². The number of rotatable bonds is 8. The average Bonchev–Trinajstić information content (AvgIpc) is 3.61. The van der Waals surface area contributed by atoms with Gasteiger partial charge in [-0.3, -0.25) is 4.79 Å². The van der Waals surface area contributed by atoms with Gasteiger partial charge in [-0.15, -0.1) is 0 Å². The smallest absolute Gasteiger partial charge is 0.273 e. The van der Waals surface area contributed by atoms with Crippen LogP contribution in [-0.4, -0.2) is 53.7 Å². The van der Waals surface area contributed by atoms with Gasteiger partial charge in [0.05, 0.1) is 4.75 Å². The quantitative estimate of drug-likeness (QED) is 0.529. The normalized spacial score (nSPS) is 33.2. The van der Waals surface area contributed by atoms with Crippen molar-refractivity contribution in [3.05, 3.63) is 53.2 Å². The molecule has 4 aliphatic carbocycles. The Kier molecular flexibility index (Phi) is 5.94. The summed E-state index contributed by atoms with van der Waals surface area (Å²) >= 11 is 0. The summed E-state index contributed by atoms with van der Waals surface area (Å²) in [4.78, 5) is 12.7. The predicted octanol–water partition coefficient (Wildman–Crippen LogP) is 3.56. The molecule has 2 aromatic rings. The van der Waals surface area contributed by atoms with Gasteiger partial charge >= 0.3 is 0 Å². The van der Waals surface area contributed by atoms with E-state index >= 15 is 0 Å². The third-order valence-corrected chi connectivity index (χ3v) is 12.6. The first-order valence-electron chi connectivity index (χ1n) is 14.1. The number of hydrogen-bond acceptors (Lipinski definition) is 6. The van der Waals surface area contributed by atoms with Gasteiger partial charge in [-0.2, -0.15) is 0 Å². The van der Waals surface area contributed by atoms with Crippen molar-refractivity contribution in [1.29, 1.82) is 0 Å². The monoisotopic (exact) mass is 542 g/mol. The second-order valence-corrected chi connectivity index (χ2v) is 14.5. The van der Waals surface area contributed by atoms with E-state index in [-0.39, 0.29) is 29.7 Å². The number of benzene rings is 1. The van der Waals surface area contributed by atoms with Crippen LogP contribution in [0.5, 0.6) is 0 Å². The van der Waals surface area contributed by atoms with Crippen LogP contribution in [0.15, 0.2) is 34.9 Å². The Morgan fingerprint density at radius 1 is 1.05 bits per heavy atom. The molecular formula is C28H35FN4O4S. The maximum Gasteiger partial charge on any atom is 0.273 e. The first-order valence-corrected chi connectivity index (χ1v) is 15.5. The third kappa shape index (κ3) is 4.10. The van der Waals surface area contributed by atoms with Gasteiger partial charge in [-0.25, -0.2) is 17.1 Å². The van der Waals surface area contributed by atoms with E-state index in [1.165, 1.54) is 12.1 Å². The molecule has 1 saturated heterocycles. The molecule has 0 spiro atoms. The van der Waals surface area contributed by atoms with Crippen molar-refractivity contribution >= 4 is 15.9 Å². The van der Waals surface area contributed by atoms with Crippen LogP contribution in [0.4, 0.5) is 4.39 Å². The molecule has 0 bridgehead atoms. The molecule has 0 radical (unpaired) electrons. The number of nitrogens with one attached hydrogen (secondary N) is 2. The van der Waals surface area contributed by atoms with Gasteiger partial charge in [0.1, 0.15) is 11.6 Å². The number of amides is 1. The molecule has 1 aromatic carbocycles. The zero-order valence-corrected chi connectivity index (χ0v) is 22.3. The maximum absolute atomic E-state index is 13.8. The lowest BCUT2D eigenvalue weighted by Crippen LogP contribution is -2.75. The Hall–Kier alpha value is -2.30. The van der Waals surface area contributed by atoms with Crippen LogP contribution in [-0.2, 0) is 16.6 Å². The standard InChI is InChI=1S/C28H35FN4O4S/c29-21-5-1-17(2-6-21)16-30-22-7-9-33(10-8-22)38(35,36)28-14-19-11-23(12-20(15-28)26(19)28)31-27(34)24-13-25(37-32-24)18-3-4-18/h1-2,5-6,13,18-20,22-23,26,30H,3-4,7-12,14-16H2,(H,31,34)/t19-,20+,23?,26?,28?. The van der Waals surface area contributed by atoms with Crippen LogP contribution in [0.1, 0.15) is 79.1 Å². The lowest BCUT2D eigenvalue weighted by atomic mass is 9.42. The van der Waals surface area contributed by atoms with Gasteiger partial charge < -0.3 is 15.2 Å². The Bertz CT molecular complexity index is 1300.